The molecule has 0 unspecified atom stereocenters. The van der Waals surface area contributed by atoms with Gasteiger partial charge in [0.25, 0.3) is 0 Å². The van der Waals surface area contributed by atoms with Crippen LogP contribution in [0.5, 0.6) is 0 Å². The van der Waals surface area contributed by atoms with E-state index in [2.05, 4.69) is 9.78 Å². The van der Waals surface area contributed by atoms with Crippen LogP contribution in [0.25, 0.3) is 0 Å². The Balaban J connectivity index is 2.93. The lowest BCUT2D eigenvalue weighted by Crippen LogP contribution is -1.73. The summed E-state index contributed by atoms with van der Waals surface area (Å²) in [6.45, 7) is 3.69. The van der Waals surface area contributed by atoms with Crippen LogP contribution < -0.4 is 0 Å². The monoisotopic (exact) mass is 114 g/mol. The van der Waals surface area contributed by atoms with Crippen LogP contribution in [0.2, 0.25) is 0 Å². The van der Waals surface area contributed by atoms with Gasteiger partial charge in [-0.15, -0.1) is 0 Å². The molecule has 2 heteroatoms. The summed E-state index contributed by atoms with van der Waals surface area (Å²) < 4.78 is 0. The van der Waals surface area contributed by atoms with Crippen molar-refractivity contribution < 1.29 is 9.78 Å². The Morgan fingerprint density at radius 1 is 0.875 bits per heavy atom. The van der Waals surface area contributed by atoms with Crippen LogP contribution in [0, 0.1) is 0 Å². The van der Waals surface area contributed by atoms with Gasteiger partial charge in [0.1, 0.15) is 12.5 Å². The lowest BCUT2D eigenvalue weighted by Gasteiger charge is -1.90. The van der Waals surface area contributed by atoms with E-state index < -0.39 is 0 Å². The van der Waals surface area contributed by atoms with Gasteiger partial charge < -0.3 is 0 Å². The first-order valence-corrected chi connectivity index (χ1v) is 2.46. The van der Waals surface area contributed by atoms with Gasteiger partial charge in [-0.3, -0.25) is 9.78 Å². The second kappa shape index (κ2) is 6.08. The third kappa shape index (κ3) is 5.08. The Kier molecular flexibility index (Phi) is 5.38. The van der Waals surface area contributed by atoms with Crippen molar-refractivity contribution in [3.8, 4) is 0 Å². The summed E-state index contributed by atoms with van der Waals surface area (Å²) in [5.74, 6) is 0. The summed E-state index contributed by atoms with van der Waals surface area (Å²) in [6, 6.07) is 0. The van der Waals surface area contributed by atoms with Crippen LogP contribution in [0.15, 0.2) is 24.7 Å². The van der Waals surface area contributed by atoms with E-state index >= 15 is 0 Å². The molecule has 46 valence electrons. The Labute approximate surface area is 49.3 Å². The first-order valence-electron chi connectivity index (χ1n) is 2.46. The maximum absolute atomic E-state index is 4.46. The second-order valence-corrected chi connectivity index (χ2v) is 1.13. The van der Waals surface area contributed by atoms with Crippen molar-refractivity contribution in [2.24, 2.45) is 0 Å². The Bertz CT molecular complexity index is 72.5. The molecule has 0 heterocycles. The molecule has 0 bridgehead atoms. The third-order valence-electron chi connectivity index (χ3n) is 0.439. The van der Waals surface area contributed by atoms with E-state index in [-0.39, 0.29) is 0 Å². The molecule has 0 amide bonds. The highest BCUT2D eigenvalue weighted by molar-refractivity contribution is 4.65. The molecule has 8 heavy (non-hydrogen) atoms. The fraction of sp³-hybridized carbons (Fsp3) is 0.333. The van der Waals surface area contributed by atoms with Gasteiger partial charge in [-0.1, -0.05) is 0 Å². The molecule has 0 N–H and O–H groups in total. The fourth-order valence-corrected chi connectivity index (χ4v) is 0.175. The Hall–Kier alpha value is -0.920. The van der Waals surface area contributed by atoms with Crippen LogP contribution in [0.3, 0.4) is 0 Å². The SMILES string of the molecule is C/C=C/OO/C=C/C. The molecule has 0 aromatic rings. The number of allylic oxidation sites excluding steroid dienone is 2. The highest BCUT2D eigenvalue weighted by Crippen LogP contribution is 1.80. The quantitative estimate of drug-likeness (QED) is 0.242. The molecule has 0 aliphatic carbocycles. The van der Waals surface area contributed by atoms with Crippen molar-refractivity contribution in [1.29, 1.82) is 0 Å². The minimum Gasteiger partial charge on any atom is -0.299 e. The summed E-state index contributed by atoms with van der Waals surface area (Å²) in [5, 5.41) is 0. The Morgan fingerprint density at radius 2 is 1.25 bits per heavy atom. The van der Waals surface area contributed by atoms with E-state index in [9.17, 15) is 0 Å². The predicted molar refractivity (Wildman–Crippen MR) is 31.8 cm³/mol. The molecular formula is C6H10O2. The van der Waals surface area contributed by atoms with Crippen molar-refractivity contribution >= 4 is 0 Å². The standard InChI is InChI=1S/C6H10O2/c1-3-5-7-8-6-4-2/h3-6H,1-2H3/b5-3+,6-4+. The third-order valence-corrected chi connectivity index (χ3v) is 0.439. The van der Waals surface area contributed by atoms with E-state index in [1.807, 2.05) is 13.8 Å². The van der Waals surface area contributed by atoms with Crippen molar-refractivity contribution in [2.75, 3.05) is 0 Å². The minimum atomic E-state index is 1.46. The molecular weight excluding hydrogens is 104 g/mol. The lowest BCUT2D eigenvalue weighted by atomic mass is 10.7. The highest BCUT2D eigenvalue weighted by Gasteiger charge is 1.65. The molecule has 0 aliphatic heterocycles. The van der Waals surface area contributed by atoms with Crippen LogP contribution in [0.1, 0.15) is 13.8 Å². The van der Waals surface area contributed by atoms with Crippen LogP contribution in [0.4, 0.5) is 0 Å². The maximum atomic E-state index is 4.46. The van der Waals surface area contributed by atoms with Crippen LogP contribution in [-0.2, 0) is 9.78 Å². The van der Waals surface area contributed by atoms with Gasteiger partial charge in [-0.2, -0.15) is 0 Å². The topological polar surface area (TPSA) is 18.5 Å². The fourth-order valence-electron chi connectivity index (χ4n) is 0.175. The normalized spacial score (nSPS) is 10.8. The van der Waals surface area contributed by atoms with E-state index in [0.717, 1.165) is 0 Å². The average molecular weight is 114 g/mol. The average Bonchev–Trinajstić information content (AvgIpc) is 1.81. The molecule has 0 aliphatic rings. The van der Waals surface area contributed by atoms with Crippen molar-refractivity contribution in [3.63, 3.8) is 0 Å². The first-order chi connectivity index (χ1) is 3.91. The first kappa shape index (κ1) is 7.08. The molecule has 0 aromatic heterocycles. The lowest BCUT2D eigenvalue weighted by molar-refractivity contribution is -0.195. The molecule has 0 rings (SSSR count). The van der Waals surface area contributed by atoms with Crippen molar-refractivity contribution in [2.45, 2.75) is 13.8 Å². The summed E-state index contributed by atoms with van der Waals surface area (Å²) in [4.78, 5) is 8.91. The molecule has 0 radical (unpaired) electrons. The van der Waals surface area contributed by atoms with Crippen molar-refractivity contribution in [1.82, 2.24) is 0 Å². The van der Waals surface area contributed by atoms with E-state index in [1.54, 1.807) is 12.2 Å². The van der Waals surface area contributed by atoms with Gasteiger partial charge in [0.05, 0.1) is 0 Å². The largest absolute Gasteiger partial charge is 0.299 e. The smallest absolute Gasteiger partial charge is 0.138 e. The maximum Gasteiger partial charge on any atom is 0.138 e. The summed E-state index contributed by atoms with van der Waals surface area (Å²) in [6.07, 6.45) is 6.40. The molecule has 2 nitrogen and oxygen atoms in total. The molecule has 0 aromatic carbocycles. The highest BCUT2D eigenvalue weighted by atomic mass is 17.2. The van der Waals surface area contributed by atoms with Crippen LogP contribution in [-0.4, -0.2) is 0 Å². The number of hydrogen-bond acceptors (Lipinski definition) is 2. The zero-order valence-electron chi connectivity index (χ0n) is 5.13. The van der Waals surface area contributed by atoms with Crippen molar-refractivity contribution in [3.05, 3.63) is 24.7 Å². The Morgan fingerprint density at radius 3 is 1.50 bits per heavy atom. The van der Waals surface area contributed by atoms with Gasteiger partial charge in [-0.25, -0.2) is 0 Å². The molecule has 0 saturated carbocycles. The van der Waals surface area contributed by atoms with Gasteiger partial charge >= 0.3 is 0 Å². The predicted octanol–water partition coefficient (Wildman–Crippen LogP) is 2.00. The van der Waals surface area contributed by atoms with E-state index in [4.69, 9.17) is 0 Å². The van der Waals surface area contributed by atoms with Crippen LogP contribution >= 0.6 is 0 Å². The van der Waals surface area contributed by atoms with Gasteiger partial charge in [0, 0.05) is 0 Å². The number of rotatable bonds is 3. The summed E-state index contributed by atoms with van der Waals surface area (Å²) in [5.41, 5.74) is 0. The molecule has 0 fully saturated rings. The molecule has 0 atom stereocenters. The number of hydrogen-bond donors (Lipinski definition) is 0. The van der Waals surface area contributed by atoms with Gasteiger partial charge in [0.15, 0.2) is 0 Å². The molecule has 0 saturated heterocycles. The zero-order chi connectivity index (χ0) is 6.24. The van der Waals surface area contributed by atoms with Gasteiger partial charge in [-0.05, 0) is 26.0 Å². The summed E-state index contributed by atoms with van der Waals surface area (Å²) in [7, 11) is 0. The van der Waals surface area contributed by atoms with E-state index in [0.29, 0.717) is 0 Å². The molecule has 0 spiro atoms. The summed E-state index contributed by atoms with van der Waals surface area (Å²) >= 11 is 0. The van der Waals surface area contributed by atoms with Gasteiger partial charge in [0.2, 0.25) is 0 Å². The zero-order valence-corrected chi connectivity index (χ0v) is 5.13. The van der Waals surface area contributed by atoms with E-state index in [1.165, 1.54) is 12.5 Å². The minimum absolute atomic E-state index is 1.46. The second-order valence-electron chi connectivity index (χ2n) is 1.13.